The molecule has 0 aromatic rings. The standard InChI is InChI=1S/C15H28N2O/c1-13-8-7-9-14(2)17(13)15(18)12-16-10-5-3-4-6-11-16/h13-14H,3-12H2,1-2H3/t13-,14+. The lowest BCUT2D eigenvalue weighted by atomic mass is 9.97. The molecule has 0 unspecified atom stereocenters. The van der Waals surface area contributed by atoms with Crippen molar-refractivity contribution >= 4 is 5.91 Å². The first kappa shape index (κ1) is 13.9. The van der Waals surface area contributed by atoms with E-state index in [0.29, 0.717) is 24.5 Å². The molecule has 0 aliphatic carbocycles. The number of nitrogens with zero attached hydrogens (tertiary/aromatic N) is 2. The minimum Gasteiger partial charge on any atom is -0.336 e. The number of hydrogen-bond acceptors (Lipinski definition) is 2. The lowest BCUT2D eigenvalue weighted by molar-refractivity contribution is -0.138. The number of amides is 1. The average molecular weight is 252 g/mol. The van der Waals surface area contributed by atoms with Gasteiger partial charge in [-0.25, -0.2) is 0 Å². The molecule has 2 heterocycles. The summed E-state index contributed by atoms with van der Waals surface area (Å²) in [5, 5.41) is 0. The third-order valence-corrected chi connectivity index (χ3v) is 4.54. The van der Waals surface area contributed by atoms with E-state index in [4.69, 9.17) is 0 Å². The quantitative estimate of drug-likeness (QED) is 0.754. The number of piperidine rings is 1. The first-order valence-corrected chi connectivity index (χ1v) is 7.72. The van der Waals surface area contributed by atoms with Crippen LogP contribution in [0, 0.1) is 0 Å². The molecule has 2 aliphatic heterocycles. The molecule has 2 fully saturated rings. The van der Waals surface area contributed by atoms with Crippen LogP contribution in [0.4, 0.5) is 0 Å². The van der Waals surface area contributed by atoms with E-state index in [1.807, 2.05) is 0 Å². The van der Waals surface area contributed by atoms with Crippen LogP contribution in [-0.2, 0) is 4.79 Å². The van der Waals surface area contributed by atoms with Crippen LogP contribution in [-0.4, -0.2) is 47.4 Å². The predicted octanol–water partition coefficient (Wildman–Crippen LogP) is 2.65. The van der Waals surface area contributed by atoms with Crippen LogP contribution in [0.2, 0.25) is 0 Å². The summed E-state index contributed by atoms with van der Waals surface area (Å²) in [6.07, 6.45) is 8.82. The van der Waals surface area contributed by atoms with Crippen molar-refractivity contribution in [3.8, 4) is 0 Å². The maximum Gasteiger partial charge on any atom is 0.237 e. The lowest BCUT2D eigenvalue weighted by Crippen LogP contribution is -2.51. The first-order valence-electron chi connectivity index (χ1n) is 7.72. The zero-order valence-electron chi connectivity index (χ0n) is 12.0. The van der Waals surface area contributed by atoms with E-state index in [-0.39, 0.29) is 0 Å². The highest BCUT2D eigenvalue weighted by molar-refractivity contribution is 5.79. The van der Waals surface area contributed by atoms with Gasteiger partial charge in [-0.3, -0.25) is 9.69 Å². The topological polar surface area (TPSA) is 23.6 Å². The van der Waals surface area contributed by atoms with Crippen LogP contribution in [0.3, 0.4) is 0 Å². The molecule has 0 saturated carbocycles. The molecule has 0 aromatic carbocycles. The number of rotatable bonds is 2. The van der Waals surface area contributed by atoms with Crippen LogP contribution in [0.5, 0.6) is 0 Å². The fourth-order valence-corrected chi connectivity index (χ4v) is 3.48. The van der Waals surface area contributed by atoms with Gasteiger partial charge in [0.25, 0.3) is 0 Å². The molecular weight excluding hydrogens is 224 g/mol. The molecule has 0 aromatic heterocycles. The Labute approximate surface area is 112 Å². The summed E-state index contributed by atoms with van der Waals surface area (Å²) < 4.78 is 0. The van der Waals surface area contributed by atoms with Gasteiger partial charge in [-0.2, -0.15) is 0 Å². The summed E-state index contributed by atoms with van der Waals surface area (Å²) >= 11 is 0. The Bertz CT molecular complexity index is 262. The molecule has 2 rings (SSSR count). The van der Waals surface area contributed by atoms with E-state index in [1.54, 1.807) is 0 Å². The van der Waals surface area contributed by atoms with Gasteiger partial charge in [0.1, 0.15) is 0 Å². The minimum atomic E-state index is 0.358. The van der Waals surface area contributed by atoms with Crippen LogP contribution in [0.1, 0.15) is 58.8 Å². The summed E-state index contributed by atoms with van der Waals surface area (Å²) in [7, 11) is 0. The molecule has 0 N–H and O–H groups in total. The van der Waals surface area contributed by atoms with Gasteiger partial charge in [0.2, 0.25) is 5.91 Å². The van der Waals surface area contributed by atoms with Crippen molar-refractivity contribution in [2.45, 2.75) is 70.9 Å². The van der Waals surface area contributed by atoms with Gasteiger partial charge in [-0.15, -0.1) is 0 Å². The van der Waals surface area contributed by atoms with E-state index < -0.39 is 0 Å². The molecule has 2 aliphatic rings. The Hall–Kier alpha value is -0.570. The fourth-order valence-electron chi connectivity index (χ4n) is 3.48. The normalized spacial score (nSPS) is 31.1. The van der Waals surface area contributed by atoms with Gasteiger partial charge in [0, 0.05) is 12.1 Å². The predicted molar refractivity (Wildman–Crippen MR) is 74.5 cm³/mol. The van der Waals surface area contributed by atoms with Crippen LogP contribution in [0.15, 0.2) is 0 Å². The zero-order chi connectivity index (χ0) is 13.0. The van der Waals surface area contributed by atoms with Gasteiger partial charge in [-0.1, -0.05) is 12.8 Å². The van der Waals surface area contributed by atoms with Crippen molar-refractivity contribution in [2.24, 2.45) is 0 Å². The zero-order valence-corrected chi connectivity index (χ0v) is 12.0. The number of carbonyl (C=O) groups is 1. The molecule has 1 amide bonds. The molecule has 3 nitrogen and oxygen atoms in total. The molecular formula is C15H28N2O. The molecule has 3 heteroatoms. The number of carbonyl (C=O) groups excluding carboxylic acids is 1. The van der Waals surface area contributed by atoms with Crippen LogP contribution >= 0.6 is 0 Å². The Balaban J connectivity index is 1.89. The van der Waals surface area contributed by atoms with Gasteiger partial charge in [0.05, 0.1) is 6.54 Å². The third kappa shape index (κ3) is 3.47. The third-order valence-electron chi connectivity index (χ3n) is 4.54. The summed E-state index contributed by atoms with van der Waals surface area (Å²) in [5.41, 5.74) is 0. The molecule has 2 atom stereocenters. The largest absolute Gasteiger partial charge is 0.336 e. The van der Waals surface area contributed by atoms with Crippen molar-refractivity contribution in [3.63, 3.8) is 0 Å². The van der Waals surface area contributed by atoms with E-state index in [0.717, 1.165) is 13.1 Å². The second-order valence-corrected chi connectivity index (χ2v) is 6.12. The van der Waals surface area contributed by atoms with Gasteiger partial charge < -0.3 is 4.90 Å². The van der Waals surface area contributed by atoms with Crippen molar-refractivity contribution in [1.82, 2.24) is 9.80 Å². The maximum atomic E-state index is 12.5. The highest BCUT2D eigenvalue weighted by Crippen LogP contribution is 2.23. The van der Waals surface area contributed by atoms with Gasteiger partial charge in [-0.05, 0) is 59.0 Å². The minimum absolute atomic E-state index is 0.358. The van der Waals surface area contributed by atoms with Crippen molar-refractivity contribution in [3.05, 3.63) is 0 Å². The molecule has 2 saturated heterocycles. The smallest absolute Gasteiger partial charge is 0.237 e. The number of hydrogen-bond donors (Lipinski definition) is 0. The van der Waals surface area contributed by atoms with Gasteiger partial charge >= 0.3 is 0 Å². The maximum absolute atomic E-state index is 12.5. The summed E-state index contributed by atoms with van der Waals surface area (Å²) in [6.45, 7) is 7.28. The van der Waals surface area contributed by atoms with E-state index in [9.17, 15) is 4.79 Å². The fraction of sp³-hybridized carbons (Fsp3) is 0.933. The molecule has 0 spiro atoms. The second kappa shape index (κ2) is 6.55. The van der Waals surface area contributed by atoms with E-state index in [2.05, 4.69) is 23.6 Å². The SMILES string of the molecule is C[C@@H]1CCC[C@H](C)N1C(=O)CN1CCCCCC1. The Morgan fingerprint density at radius 2 is 1.50 bits per heavy atom. The van der Waals surface area contributed by atoms with Crippen molar-refractivity contribution < 1.29 is 4.79 Å². The molecule has 0 radical (unpaired) electrons. The lowest BCUT2D eigenvalue weighted by Gasteiger charge is -2.40. The Morgan fingerprint density at radius 1 is 0.944 bits per heavy atom. The van der Waals surface area contributed by atoms with Crippen molar-refractivity contribution in [2.75, 3.05) is 19.6 Å². The van der Waals surface area contributed by atoms with Crippen LogP contribution in [0.25, 0.3) is 0 Å². The molecule has 0 bridgehead atoms. The van der Waals surface area contributed by atoms with Crippen LogP contribution < -0.4 is 0 Å². The summed E-state index contributed by atoms with van der Waals surface area (Å²) in [5.74, 6) is 0.358. The number of likely N-dealkylation sites (tertiary alicyclic amines) is 2. The monoisotopic (exact) mass is 252 g/mol. The van der Waals surface area contributed by atoms with Gasteiger partial charge in [0.15, 0.2) is 0 Å². The highest BCUT2D eigenvalue weighted by Gasteiger charge is 2.29. The Kier molecular flexibility index (Phi) is 5.04. The summed E-state index contributed by atoms with van der Waals surface area (Å²) in [4.78, 5) is 17.0. The van der Waals surface area contributed by atoms with E-state index >= 15 is 0 Å². The second-order valence-electron chi connectivity index (χ2n) is 6.12. The highest BCUT2D eigenvalue weighted by atomic mass is 16.2. The van der Waals surface area contributed by atoms with Crippen molar-refractivity contribution in [1.29, 1.82) is 0 Å². The first-order chi connectivity index (χ1) is 8.68. The Morgan fingerprint density at radius 3 is 2.06 bits per heavy atom. The van der Waals surface area contributed by atoms with E-state index in [1.165, 1.54) is 44.9 Å². The summed E-state index contributed by atoms with van der Waals surface area (Å²) in [6, 6.07) is 0.876. The molecule has 104 valence electrons. The average Bonchev–Trinajstić information content (AvgIpc) is 2.57. The molecule has 18 heavy (non-hydrogen) atoms.